The minimum absolute atomic E-state index is 0.0789. The molecule has 1 nitrogen and oxygen atoms in total. The molecule has 0 bridgehead atoms. The lowest BCUT2D eigenvalue weighted by Gasteiger charge is -2.24. The van der Waals surface area contributed by atoms with Crippen molar-refractivity contribution in [2.45, 2.75) is 32.1 Å². The zero-order valence-corrected chi connectivity index (χ0v) is 11.5. The van der Waals surface area contributed by atoms with Crippen LogP contribution >= 0.6 is 0 Å². The van der Waals surface area contributed by atoms with Gasteiger partial charge in [-0.05, 0) is 61.1 Å². The van der Waals surface area contributed by atoms with Crippen LogP contribution in [0.5, 0.6) is 0 Å². The number of benzene rings is 2. The highest BCUT2D eigenvalue weighted by molar-refractivity contribution is 6.01. The van der Waals surface area contributed by atoms with Crippen LogP contribution in [0.4, 0.5) is 4.39 Å². The number of fused-ring (bicyclic) bond motifs is 1. The molecule has 20 heavy (non-hydrogen) atoms. The molecule has 0 saturated heterocycles. The zero-order valence-electron chi connectivity index (χ0n) is 11.5. The average Bonchev–Trinajstić information content (AvgIpc) is 2.49. The summed E-state index contributed by atoms with van der Waals surface area (Å²) < 4.78 is 13.3. The summed E-state index contributed by atoms with van der Waals surface area (Å²) in [6.45, 7) is 1.70. The van der Waals surface area contributed by atoms with E-state index >= 15 is 0 Å². The Labute approximate surface area is 118 Å². The van der Waals surface area contributed by atoms with E-state index in [1.807, 2.05) is 18.2 Å². The normalized spacial score (nSPS) is 17.6. The van der Waals surface area contributed by atoms with Crippen LogP contribution in [0.25, 0.3) is 0 Å². The molecule has 1 unspecified atom stereocenters. The summed E-state index contributed by atoms with van der Waals surface area (Å²) in [5, 5.41) is 0. The van der Waals surface area contributed by atoms with Crippen molar-refractivity contribution >= 4 is 5.78 Å². The van der Waals surface area contributed by atoms with Crippen LogP contribution in [0.15, 0.2) is 42.5 Å². The Hall–Kier alpha value is -1.96. The molecule has 0 saturated carbocycles. The first-order valence-corrected chi connectivity index (χ1v) is 7.05. The van der Waals surface area contributed by atoms with Gasteiger partial charge in [-0.2, -0.15) is 0 Å². The van der Waals surface area contributed by atoms with Gasteiger partial charge >= 0.3 is 0 Å². The van der Waals surface area contributed by atoms with Crippen LogP contribution in [0.2, 0.25) is 0 Å². The largest absolute Gasteiger partial charge is 0.293 e. The van der Waals surface area contributed by atoms with E-state index in [2.05, 4.69) is 6.07 Å². The van der Waals surface area contributed by atoms with Gasteiger partial charge in [0, 0.05) is 11.5 Å². The van der Waals surface area contributed by atoms with Gasteiger partial charge in [-0.1, -0.05) is 24.3 Å². The SMILES string of the molecule is Cc1cc(C(=O)C2CCCc3ccccc32)ccc1F. The van der Waals surface area contributed by atoms with Gasteiger partial charge in [-0.15, -0.1) is 0 Å². The average molecular weight is 268 g/mol. The zero-order chi connectivity index (χ0) is 14.1. The van der Waals surface area contributed by atoms with Crippen molar-refractivity contribution in [3.8, 4) is 0 Å². The quantitative estimate of drug-likeness (QED) is 0.736. The topological polar surface area (TPSA) is 17.1 Å². The Morgan fingerprint density at radius 2 is 2.00 bits per heavy atom. The van der Waals surface area contributed by atoms with Gasteiger partial charge in [0.2, 0.25) is 0 Å². The molecule has 2 heteroatoms. The summed E-state index contributed by atoms with van der Waals surface area (Å²) in [6, 6.07) is 12.8. The van der Waals surface area contributed by atoms with Gasteiger partial charge < -0.3 is 0 Å². The van der Waals surface area contributed by atoms with Crippen LogP contribution in [-0.4, -0.2) is 5.78 Å². The van der Waals surface area contributed by atoms with Crippen molar-refractivity contribution < 1.29 is 9.18 Å². The molecule has 0 fully saturated rings. The second-order valence-corrected chi connectivity index (χ2v) is 5.47. The lowest BCUT2D eigenvalue weighted by atomic mass is 9.79. The monoisotopic (exact) mass is 268 g/mol. The maximum Gasteiger partial charge on any atom is 0.170 e. The third-order valence-electron chi connectivity index (χ3n) is 4.13. The Morgan fingerprint density at radius 3 is 2.80 bits per heavy atom. The maximum absolute atomic E-state index is 13.3. The first-order valence-electron chi connectivity index (χ1n) is 7.05. The summed E-state index contributed by atoms with van der Waals surface area (Å²) in [5.41, 5.74) is 3.56. The van der Waals surface area contributed by atoms with Gasteiger partial charge in [0.25, 0.3) is 0 Å². The van der Waals surface area contributed by atoms with Gasteiger partial charge in [-0.25, -0.2) is 4.39 Å². The third-order valence-corrected chi connectivity index (χ3v) is 4.13. The number of hydrogen-bond donors (Lipinski definition) is 0. The maximum atomic E-state index is 13.3. The summed E-state index contributed by atoms with van der Waals surface area (Å²) in [6.07, 6.45) is 2.96. The standard InChI is InChI=1S/C18H17FO/c1-12-11-14(9-10-17(12)19)18(20)16-8-4-6-13-5-2-3-7-15(13)16/h2-3,5,7,9-11,16H,4,6,8H2,1H3. The van der Waals surface area contributed by atoms with Crippen molar-refractivity contribution in [1.82, 2.24) is 0 Å². The molecule has 1 atom stereocenters. The number of halogens is 1. The molecule has 0 radical (unpaired) electrons. The number of rotatable bonds is 2. The number of Topliss-reactive ketones (excluding diaryl/α,β-unsaturated/α-hetero) is 1. The van der Waals surface area contributed by atoms with Crippen LogP contribution in [-0.2, 0) is 6.42 Å². The fourth-order valence-corrected chi connectivity index (χ4v) is 3.03. The Kier molecular flexibility index (Phi) is 3.39. The van der Waals surface area contributed by atoms with E-state index in [-0.39, 0.29) is 17.5 Å². The summed E-state index contributed by atoms with van der Waals surface area (Å²) in [4.78, 5) is 12.7. The van der Waals surface area contributed by atoms with E-state index in [1.54, 1.807) is 19.1 Å². The molecule has 1 aliphatic carbocycles. The third kappa shape index (κ3) is 2.26. The Morgan fingerprint density at radius 1 is 1.20 bits per heavy atom. The molecule has 1 aliphatic rings. The molecule has 3 rings (SSSR count). The molecule has 102 valence electrons. The van der Waals surface area contributed by atoms with Gasteiger partial charge in [0.05, 0.1) is 0 Å². The first kappa shape index (κ1) is 13.0. The van der Waals surface area contributed by atoms with Crippen LogP contribution in [0.3, 0.4) is 0 Å². The fraction of sp³-hybridized carbons (Fsp3) is 0.278. The number of ketones is 1. The van der Waals surface area contributed by atoms with Gasteiger partial charge in [-0.3, -0.25) is 4.79 Å². The van der Waals surface area contributed by atoms with Gasteiger partial charge in [0.1, 0.15) is 5.82 Å². The van der Waals surface area contributed by atoms with E-state index in [9.17, 15) is 9.18 Å². The predicted octanol–water partition coefficient (Wildman–Crippen LogP) is 4.44. The van der Waals surface area contributed by atoms with Crippen molar-refractivity contribution in [3.05, 3.63) is 70.5 Å². The molecule has 2 aromatic rings. The highest BCUT2D eigenvalue weighted by Crippen LogP contribution is 2.34. The fourth-order valence-electron chi connectivity index (χ4n) is 3.03. The number of aryl methyl sites for hydroxylation is 2. The van der Waals surface area contributed by atoms with Crippen LogP contribution < -0.4 is 0 Å². The smallest absolute Gasteiger partial charge is 0.170 e. The number of carbonyl (C=O) groups is 1. The molecular weight excluding hydrogens is 251 g/mol. The summed E-state index contributed by atoms with van der Waals surface area (Å²) in [5.74, 6) is -0.226. The predicted molar refractivity (Wildman–Crippen MR) is 77.6 cm³/mol. The van der Waals surface area contributed by atoms with Crippen molar-refractivity contribution in [2.24, 2.45) is 0 Å². The molecule has 0 aliphatic heterocycles. The summed E-state index contributed by atoms with van der Waals surface area (Å²) in [7, 11) is 0. The highest BCUT2D eigenvalue weighted by atomic mass is 19.1. The Bertz CT molecular complexity index is 660. The highest BCUT2D eigenvalue weighted by Gasteiger charge is 2.27. The second-order valence-electron chi connectivity index (χ2n) is 5.47. The van der Waals surface area contributed by atoms with Crippen molar-refractivity contribution in [2.75, 3.05) is 0 Å². The molecule has 0 N–H and O–H groups in total. The Balaban J connectivity index is 1.97. The summed E-state index contributed by atoms with van der Waals surface area (Å²) >= 11 is 0. The lowest BCUT2D eigenvalue weighted by Crippen LogP contribution is -2.18. The van der Waals surface area contributed by atoms with Crippen LogP contribution in [0, 0.1) is 12.7 Å². The van der Waals surface area contributed by atoms with E-state index in [4.69, 9.17) is 0 Å². The molecule has 2 aromatic carbocycles. The van der Waals surface area contributed by atoms with Crippen LogP contribution in [0.1, 0.15) is 45.8 Å². The van der Waals surface area contributed by atoms with E-state index in [0.717, 1.165) is 24.8 Å². The lowest BCUT2D eigenvalue weighted by molar-refractivity contribution is 0.0951. The molecule has 0 amide bonds. The van der Waals surface area contributed by atoms with E-state index in [1.165, 1.54) is 11.6 Å². The minimum atomic E-state index is -0.259. The van der Waals surface area contributed by atoms with E-state index in [0.29, 0.717) is 11.1 Å². The second kappa shape index (κ2) is 5.20. The molecule has 0 spiro atoms. The first-order chi connectivity index (χ1) is 9.66. The molecular formula is C18H17FO. The molecule has 0 aromatic heterocycles. The van der Waals surface area contributed by atoms with Gasteiger partial charge in [0.15, 0.2) is 5.78 Å². The number of hydrogen-bond acceptors (Lipinski definition) is 1. The van der Waals surface area contributed by atoms with Crippen molar-refractivity contribution in [3.63, 3.8) is 0 Å². The minimum Gasteiger partial charge on any atom is -0.293 e. The van der Waals surface area contributed by atoms with E-state index < -0.39 is 0 Å². The number of carbonyl (C=O) groups excluding carboxylic acids is 1. The molecule has 0 heterocycles. The van der Waals surface area contributed by atoms with Crippen molar-refractivity contribution in [1.29, 1.82) is 0 Å².